The minimum Gasteiger partial charge on any atom is -0.480 e. The molecule has 86 valence electrons. The van der Waals surface area contributed by atoms with Gasteiger partial charge in [0.1, 0.15) is 6.04 Å². The highest BCUT2D eigenvalue weighted by atomic mass is 16.5. The molecule has 16 heavy (non-hydrogen) atoms. The monoisotopic (exact) mass is 224 g/mol. The van der Waals surface area contributed by atoms with Crippen molar-refractivity contribution in [2.24, 2.45) is 0 Å². The molecule has 1 atom stereocenters. The van der Waals surface area contributed by atoms with E-state index in [4.69, 9.17) is 5.11 Å². The summed E-state index contributed by atoms with van der Waals surface area (Å²) in [6.45, 7) is 1.52. The van der Waals surface area contributed by atoms with E-state index in [1.54, 1.807) is 0 Å². The molecule has 1 heterocycles. The van der Waals surface area contributed by atoms with Gasteiger partial charge in [0.15, 0.2) is 0 Å². The Labute approximate surface area is 92.1 Å². The third kappa shape index (κ3) is 2.94. The van der Waals surface area contributed by atoms with Gasteiger partial charge in [0.05, 0.1) is 13.3 Å². The molecule has 1 N–H and O–H groups in total. The molecule has 0 fully saturated rings. The fraction of sp³-hybridized carbons (Fsp3) is 0.300. The van der Waals surface area contributed by atoms with E-state index in [9.17, 15) is 9.59 Å². The Bertz CT molecular complexity index is 422. The molecule has 0 amide bonds. The van der Waals surface area contributed by atoms with Crippen molar-refractivity contribution in [3.05, 3.63) is 24.0 Å². The summed E-state index contributed by atoms with van der Waals surface area (Å²) in [7, 11) is 1.28. The number of methoxy groups -OCH3 is 1. The molecule has 0 aliphatic heterocycles. The van der Waals surface area contributed by atoms with Crippen LogP contribution < -0.4 is 0 Å². The van der Waals surface area contributed by atoms with Crippen molar-refractivity contribution < 1.29 is 19.4 Å². The van der Waals surface area contributed by atoms with Gasteiger partial charge in [-0.15, -0.1) is 0 Å². The number of ether oxygens (including phenoxy) is 1. The lowest BCUT2D eigenvalue weighted by molar-refractivity contribution is -0.140. The molecule has 1 aromatic heterocycles. The summed E-state index contributed by atoms with van der Waals surface area (Å²) in [4.78, 5) is 21.5. The Morgan fingerprint density at radius 2 is 2.31 bits per heavy atom. The van der Waals surface area contributed by atoms with Crippen LogP contribution in [-0.4, -0.2) is 33.9 Å². The van der Waals surface area contributed by atoms with Gasteiger partial charge in [0, 0.05) is 17.8 Å². The summed E-state index contributed by atoms with van der Waals surface area (Å²) in [6, 6.07) is -0.736. The van der Waals surface area contributed by atoms with E-state index in [1.807, 2.05) is 0 Å². The lowest BCUT2D eigenvalue weighted by atomic mass is 10.3. The summed E-state index contributed by atoms with van der Waals surface area (Å²) < 4.78 is 5.72. The Morgan fingerprint density at radius 1 is 1.62 bits per heavy atom. The number of hydrogen-bond acceptors (Lipinski definition) is 4. The van der Waals surface area contributed by atoms with E-state index >= 15 is 0 Å². The number of esters is 1. The molecular formula is C10H12N2O4. The third-order valence-electron chi connectivity index (χ3n) is 1.99. The largest absolute Gasteiger partial charge is 0.480 e. The number of carboxylic acids is 1. The van der Waals surface area contributed by atoms with Gasteiger partial charge in [-0.1, -0.05) is 0 Å². The zero-order chi connectivity index (χ0) is 12.1. The fourth-order valence-corrected chi connectivity index (χ4v) is 0.996. The average molecular weight is 224 g/mol. The van der Waals surface area contributed by atoms with Gasteiger partial charge in [-0.25, -0.2) is 9.59 Å². The summed E-state index contributed by atoms with van der Waals surface area (Å²) in [5, 5.41) is 12.6. The summed E-state index contributed by atoms with van der Waals surface area (Å²) in [6.07, 6.45) is 5.76. The number of carboxylic acid groups (broad SMARTS) is 1. The first-order chi connectivity index (χ1) is 7.54. The second-order valence-corrected chi connectivity index (χ2v) is 3.12. The molecule has 0 aliphatic carbocycles. The summed E-state index contributed by atoms with van der Waals surface area (Å²) in [5.41, 5.74) is 0.638. The first kappa shape index (κ1) is 12.0. The summed E-state index contributed by atoms with van der Waals surface area (Å²) >= 11 is 0. The standard InChI is InChI=1S/C10H12N2O4/c1-7(10(14)15)12-6-8(5-11-12)3-4-9(13)16-2/h3-7H,1-2H3,(H,14,15)/t7-/m0/s1. The van der Waals surface area contributed by atoms with E-state index in [1.165, 1.54) is 43.3 Å². The molecule has 0 aromatic carbocycles. The van der Waals surface area contributed by atoms with Crippen LogP contribution in [0.5, 0.6) is 0 Å². The van der Waals surface area contributed by atoms with E-state index in [-0.39, 0.29) is 0 Å². The van der Waals surface area contributed by atoms with E-state index in [0.717, 1.165) is 0 Å². The maximum atomic E-state index is 10.8. The lowest BCUT2D eigenvalue weighted by Gasteiger charge is -2.04. The molecule has 6 nitrogen and oxygen atoms in total. The number of aliphatic carboxylic acids is 1. The Kier molecular flexibility index (Phi) is 3.82. The maximum Gasteiger partial charge on any atom is 0.330 e. The molecule has 6 heteroatoms. The summed E-state index contributed by atoms with van der Waals surface area (Å²) in [5.74, 6) is -1.44. The van der Waals surface area contributed by atoms with E-state index in [2.05, 4.69) is 9.84 Å². The number of rotatable bonds is 4. The Morgan fingerprint density at radius 3 is 2.88 bits per heavy atom. The second-order valence-electron chi connectivity index (χ2n) is 3.12. The molecule has 0 radical (unpaired) electrons. The molecule has 1 rings (SSSR count). The van der Waals surface area contributed by atoms with Crippen molar-refractivity contribution in [1.82, 2.24) is 9.78 Å². The smallest absolute Gasteiger partial charge is 0.330 e. The van der Waals surface area contributed by atoms with Crippen molar-refractivity contribution in [3.63, 3.8) is 0 Å². The normalized spacial score (nSPS) is 12.6. The van der Waals surface area contributed by atoms with Gasteiger partial charge in [0.2, 0.25) is 0 Å². The zero-order valence-corrected chi connectivity index (χ0v) is 8.95. The molecule has 0 saturated heterocycles. The van der Waals surface area contributed by atoms with Crippen molar-refractivity contribution in [2.45, 2.75) is 13.0 Å². The van der Waals surface area contributed by atoms with Crippen molar-refractivity contribution in [3.8, 4) is 0 Å². The molecule has 0 saturated carbocycles. The highest BCUT2D eigenvalue weighted by Gasteiger charge is 2.13. The number of carbonyl (C=O) groups is 2. The quantitative estimate of drug-likeness (QED) is 0.601. The Balaban J connectivity index is 2.76. The first-order valence-corrected chi connectivity index (χ1v) is 4.57. The van der Waals surface area contributed by atoms with Crippen molar-refractivity contribution in [2.75, 3.05) is 7.11 Å². The first-order valence-electron chi connectivity index (χ1n) is 4.57. The predicted molar refractivity (Wildman–Crippen MR) is 55.6 cm³/mol. The number of nitrogens with zero attached hydrogens (tertiary/aromatic N) is 2. The average Bonchev–Trinajstić information content (AvgIpc) is 2.73. The van der Waals surface area contributed by atoms with E-state index in [0.29, 0.717) is 5.56 Å². The topological polar surface area (TPSA) is 81.4 Å². The molecule has 0 spiro atoms. The van der Waals surface area contributed by atoms with Crippen LogP contribution in [-0.2, 0) is 14.3 Å². The van der Waals surface area contributed by atoms with Gasteiger partial charge in [0.25, 0.3) is 0 Å². The minimum atomic E-state index is -0.966. The van der Waals surface area contributed by atoms with Gasteiger partial charge < -0.3 is 9.84 Å². The Hall–Kier alpha value is -2.11. The van der Waals surface area contributed by atoms with Crippen LogP contribution in [0.4, 0.5) is 0 Å². The SMILES string of the molecule is COC(=O)C=Cc1cnn([C@@H](C)C(=O)O)c1. The lowest BCUT2D eigenvalue weighted by Crippen LogP contribution is -2.15. The van der Waals surface area contributed by atoms with Crippen LogP contribution in [0.1, 0.15) is 18.5 Å². The third-order valence-corrected chi connectivity index (χ3v) is 1.99. The molecule has 0 bridgehead atoms. The minimum absolute atomic E-state index is 0.473. The molecule has 0 unspecified atom stereocenters. The number of aromatic nitrogens is 2. The molecule has 0 aliphatic rings. The van der Waals surface area contributed by atoms with Crippen LogP contribution in [0.3, 0.4) is 0 Å². The van der Waals surface area contributed by atoms with Crippen LogP contribution in [0, 0.1) is 0 Å². The predicted octanol–water partition coefficient (Wildman–Crippen LogP) is 0.715. The van der Waals surface area contributed by atoms with E-state index < -0.39 is 18.0 Å². The van der Waals surface area contributed by atoms with Gasteiger partial charge in [-0.05, 0) is 13.0 Å². The van der Waals surface area contributed by atoms with Crippen LogP contribution >= 0.6 is 0 Å². The van der Waals surface area contributed by atoms with Gasteiger partial charge in [-0.2, -0.15) is 5.10 Å². The van der Waals surface area contributed by atoms with Crippen LogP contribution in [0.25, 0.3) is 6.08 Å². The fourth-order valence-electron chi connectivity index (χ4n) is 0.996. The van der Waals surface area contributed by atoms with Crippen molar-refractivity contribution in [1.29, 1.82) is 0 Å². The van der Waals surface area contributed by atoms with Crippen molar-refractivity contribution >= 4 is 18.0 Å². The van der Waals surface area contributed by atoms with Crippen LogP contribution in [0.15, 0.2) is 18.5 Å². The number of hydrogen-bond donors (Lipinski definition) is 1. The molecular weight excluding hydrogens is 212 g/mol. The van der Waals surface area contributed by atoms with Gasteiger partial charge >= 0.3 is 11.9 Å². The maximum absolute atomic E-state index is 10.8. The van der Waals surface area contributed by atoms with Crippen LogP contribution in [0.2, 0.25) is 0 Å². The zero-order valence-electron chi connectivity index (χ0n) is 8.95. The van der Waals surface area contributed by atoms with Gasteiger partial charge in [-0.3, -0.25) is 4.68 Å². The highest BCUT2D eigenvalue weighted by molar-refractivity contribution is 5.86. The molecule has 1 aromatic rings. The number of carbonyl (C=O) groups excluding carboxylic acids is 1. The second kappa shape index (κ2) is 5.11. The highest BCUT2D eigenvalue weighted by Crippen LogP contribution is 2.07.